The summed E-state index contributed by atoms with van der Waals surface area (Å²) in [5, 5.41) is 3.58. The van der Waals surface area contributed by atoms with Crippen molar-refractivity contribution in [2.45, 2.75) is 100 Å². The Bertz CT molecular complexity index is 1760. The van der Waals surface area contributed by atoms with E-state index in [0.717, 1.165) is 0 Å². The van der Waals surface area contributed by atoms with Crippen LogP contribution in [0.15, 0.2) is 96.1 Å². The van der Waals surface area contributed by atoms with Gasteiger partial charge in [-0.25, -0.2) is 0 Å². The molecule has 0 nitrogen and oxygen atoms in total. The maximum atomic E-state index is 2.55. The van der Waals surface area contributed by atoms with E-state index >= 15 is 0 Å². The van der Waals surface area contributed by atoms with Crippen molar-refractivity contribution in [1.82, 2.24) is 0 Å². The van der Waals surface area contributed by atoms with Gasteiger partial charge in [-0.3, -0.25) is 0 Å². The van der Waals surface area contributed by atoms with Gasteiger partial charge in [0.05, 0.1) is 0 Å². The Hall–Kier alpha value is -2.66. The first-order valence-electron chi connectivity index (χ1n) is 17.7. The number of rotatable bonds is 4. The minimum absolute atomic E-state index is 0.155. The van der Waals surface area contributed by atoms with Crippen LogP contribution in [0.4, 0.5) is 0 Å². The molecule has 0 radical (unpaired) electrons. The first kappa shape index (κ1) is 31.9. The second-order valence-electron chi connectivity index (χ2n) is 16.4. The van der Waals surface area contributed by atoms with E-state index in [2.05, 4.69) is 154 Å². The normalized spacial score (nSPS) is 19.7. The van der Waals surface area contributed by atoms with Gasteiger partial charge in [-0.2, -0.15) is 0 Å². The Morgan fingerprint density at radius 1 is 0.543 bits per heavy atom. The Balaban J connectivity index is 1.45. The van der Waals surface area contributed by atoms with Crippen LogP contribution in [0, 0.1) is 0 Å². The lowest BCUT2D eigenvalue weighted by atomic mass is 9.86. The predicted octanol–water partition coefficient (Wildman–Crippen LogP) is 12.3. The smallest absolute Gasteiger partial charge is 0.0910 e. The summed E-state index contributed by atoms with van der Waals surface area (Å²) in [4.78, 5) is 0. The summed E-state index contributed by atoms with van der Waals surface area (Å²) in [6.45, 7) is 24.0. The van der Waals surface area contributed by atoms with E-state index in [1.807, 2.05) is 0 Å². The quantitative estimate of drug-likeness (QED) is 0.197. The minimum atomic E-state index is -2.15. The second-order valence-corrected chi connectivity index (χ2v) is 23.1. The molecule has 4 bridgehead atoms. The van der Waals surface area contributed by atoms with Gasteiger partial charge in [-0.1, -0.05) is 183 Å². The van der Waals surface area contributed by atoms with Gasteiger partial charge < -0.3 is 0 Å². The van der Waals surface area contributed by atoms with Crippen LogP contribution in [0.2, 0.25) is 12.1 Å². The predicted molar refractivity (Wildman–Crippen MR) is 204 cm³/mol. The highest BCUT2D eigenvalue weighted by Crippen LogP contribution is 2.62. The third-order valence-corrected chi connectivity index (χ3v) is 20.7. The van der Waals surface area contributed by atoms with Crippen molar-refractivity contribution in [3.05, 3.63) is 129 Å². The maximum Gasteiger partial charge on any atom is 0.400 e. The zero-order valence-corrected chi connectivity index (χ0v) is 32.3. The first-order valence-corrected chi connectivity index (χ1v) is 21.8. The summed E-state index contributed by atoms with van der Waals surface area (Å²) in [6.07, 6.45) is 0. The van der Waals surface area contributed by atoms with Gasteiger partial charge in [0.15, 0.2) is 0 Å². The van der Waals surface area contributed by atoms with Crippen LogP contribution in [0.5, 0.6) is 0 Å². The molecule has 0 fully saturated rings. The molecule has 1 heterocycles. The molecule has 0 saturated heterocycles. The van der Waals surface area contributed by atoms with Crippen molar-refractivity contribution < 1.29 is 0 Å². The average molecular weight is 631 g/mol. The fourth-order valence-corrected chi connectivity index (χ4v) is 18.1. The molecule has 1 aliphatic heterocycles. The molecule has 0 amide bonds. The molecule has 0 saturated carbocycles. The van der Waals surface area contributed by atoms with Crippen molar-refractivity contribution >= 4 is 38.8 Å². The van der Waals surface area contributed by atoms with Crippen LogP contribution in [0.25, 0.3) is 32.6 Å². The van der Waals surface area contributed by atoms with Gasteiger partial charge in [-0.15, -0.1) is 0 Å². The summed E-state index contributed by atoms with van der Waals surface area (Å²) in [6, 6.07) is 36.2. The molecular formula is C44H50MgSi. The monoisotopic (exact) mass is 630 g/mol. The summed E-state index contributed by atoms with van der Waals surface area (Å²) in [5.74, 6) is 0. The summed E-state index contributed by atoms with van der Waals surface area (Å²) >= 11 is -0.549. The zero-order chi connectivity index (χ0) is 32.8. The molecule has 3 aliphatic rings. The number of hydrogen-bond donors (Lipinski definition) is 0. The standard InChI is InChI=1S/C44H50Si.Mg/c1-11-45(12-2,41-29(3)27-33-15-13-17-37(39(33)41)31-19-23-35(24-20-31)43(5,6)7)42-30(4)28-34-16-14-18-38(40(34)42)32-21-25-36(26-22-32)44(8,9)10;/h13-28H,11-12H2,1-10H3;. The van der Waals surface area contributed by atoms with Crippen molar-refractivity contribution in [2.24, 2.45) is 0 Å². The molecule has 0 N–H and O–H groups in total. The molecule has 4 aromatic rings. The Kier molecular flexibility index (Phi) is 7.78. The van der Waals surface area contributed by atoms with Crippen LogP contribution in [0.1, 0.15) is 111 Å². The highest BCUT2D eigenvalue weighted by Gasteiger charge is 2.52. The number of allylic oxidation sites excluding steroid dienone is 2. The summed E-state index contributed by atoms with van der Waals surface area (Å²) in [5.41, 5.74) is 18.8. The molecule has 2 atom stereocenters. The van der Waals surface area contributed by atoms with Crippen LogP contribution in [-0.4, -0.2) is 28.4 Å². The van der Waals surface area contributed by atoms with Crippen molar-refractivity contribution in [1.29, 1.82) is 0 Å². The fraction of sp³-hybridized carbons (Fsp3) is 0.364. The lowest BCUT2D eigenvalue weighted by Gasteiger charge is -2.38. The van der Waals surface area contributed by atoms with E-state index in [4.69, 9.17) is 0 Å². The minimum Gasteiger partial charge on any atom is -0.0910 e. The molecule has 232 valence electrons. The Morgan fingerprint density at radius 3 is 1.24 bits per heavy atom. The SMILES string of the molecule is CC[Si]1(CC)C2=C(C)[CH]([Mg][CH]3C(C)=C1c1c(-c4ccc(C(C)(C)C)cc4)cccc13)c1cccc(-c3ccc(C(C)(C)C)cc3)c12. The van der Waals surface area contributed by atoms with Gasteiger partial charge in [-0.05, 0) is 79.6 Å². The first-order chi connectivity index (χ1) is 21.8. The topological polar surface area (TPSA) is 0 Å². The fourth-order valence-electron chi connectivity index (χ4n) is 9.43. The molecular weight excluding hydrogens is 581 g/mol. The van der Waals surface area contributed by atoms with Crippen LogP contribution in [0.3, 0.4) is 0 Å². The van der Waals surface area contributed by atoms with E-state index in [0.29, 0.717) is 8.09 Å². The molecule has 46 heavy (non-hydrogen) atoms. The Labute approximate surface area is 289 Å². The third-order valence-electron chi connectivity index (χ3n) is 12.0. The number of fused-ring (bicyclic) bond motifs is 8. The van der Waals surface area contributed by atoms with Gasteiger partial charge >= 0.3 is 20.4 Å². The number of benzene rings is 4. The highest BCUT2D eigenvalue weighted by molar-refractivity contribution is 7.11. The molecule has 2 aliphatic carbocycles. The molecule has 2 unspecified atom stereocenters. The lowest BCUT2D eigenvalue weighted by molar-refractivity contribution is 0.590. The third kappa shape index (κ3) is 4.72. The summed E-state index contributed by atoms with van der Waals surface area (Å²) < 4.78 is 1.23. The lowest BCUT2D eigenvalue weighted by Crippen LogP contribution is -2.38. The Morgan fingerprint density at radius 2 is 0.913 bits per heavy atom. The van der Waals surface area contributed by atoms with Crippen molar-refractivity contribution in [3.8, 4) is 22.3 Å². The van der Waals surface area contributed by atoms with E-state index < -0.39 is 28.4 Å². The molecule has 0 aromatic heterocycles. The van der Waals surface area contributed by atoms with E-state index in [9.17, 15) is 0 Å². The van der Waals surface area contributed by atoms with E-state index in [1.54, 1.807) is 43.8 Å². The zero-order valence-electron chi connectivity index (χ0n) is 29.9. The van der Waals surface area contributed by atoms with E-state index in [-0.39, 0.29) is 10.8 Å². The van der Waals surface area contributed by atoms with Gasteiger partial charge in [0.25, 0.3) is 0 Å². The van der Waals surface area contributed by atoms with Crippen LogP contribution < -0.4 is 0 Å². The molecule has 0 spiro atoms. The van der Waals surface area contributed by atoms with Crippen molar-refractivity contribution in [3.63, 3.8) is 0 Å². The average Bonchev–Trinajstić information content (AvgIpc) is 3.50. The van der Waals surface area contributed by atoms with Crippen molar-refractivity contribution in [2.75, 3.05) is 0 Å². The van der Waals surface area contributed by atoms with Gasteiger partial charge in [0.1, 0.15) is 8.07 Å². The van der Waals surface area contributed by atoms with Gasteiger partial charge in [0.2, 0.25) is 0 Å². The second kappa shape index (κ2) is 11.2. The molecule has 2 heteroatoms. The molecule has 4 aromatic carbocycles. The van der Waals surface area contributed by atoms with Crippen LogP contribution >= 0.6 is 0 Å². The van der Waals surface area contributed by atoms with Gasteiger partial charge in [0, 0.05) is 0 Å². The largest absolute Gasteiger partial charge is 0.400 e. The number of hydrogen-bond acceptors (Lipinski definition) is 0. The van der Waals surface area contributed by atoms with Crippen LogP contribution in [-0.2, 0) is 10.8 Å². The highest BCUT2D eigenvalue weighted by atomic mass is 28.3. The molecule has 7 rings (SSSR count). The maximum absolute atomic E-state index is 2.55. The summed E-state index contributed by atoms with van der Waals surface area (Å²) in [7, 11) is -2.15. The van der Waals surface area contributed by atoms with E-state index in [1.165, 1.54) is 45.5 Å².